The largest absolute Gasteiger partial charge is 0.495 e. The number of alkyl halides is 3. The molecule has 2 aromatic carbocycles. The molecule has 198 valence electrons. The molecule has 1 N–H and O–H groups in total. The Morgan fingerprint density at radius 2 is 1.76 bits per heavy atom. The maximum atomic E-state index is 13.0. The van der Waals surface area contributed by atoms with E-state index in [-0.39, 0.29) is 35.2 Å². The number of ether oxygens (including phenoxy) is 1. The quantitative estimate of drug-likeness (QED) is 0.368. The van der Waals surface area contributed by atoms with Gasteiger partial charge in [0.15, 0.2) is 0 Å². The Labute approximate surface area is 216 Å². The van der Waals surface area contributed by atoms with Gasteiger partial charge in [-0.25, -0.2) is 23.1 Å². The molecular weight excluding hydrogens is 521 g/mol. The number of methoxy groups -OCH3 is 1. The predicted octanol–water partition coefficient (Wildman–Crippen LogP) is 4.95. The van der Waals surface area contributed by atoms with E-state index in [4.69, 9.17) is 4.74 Å². The number of aryl methyl sites for hydroxylation is 1. The summed E-state index contributed by atoms with van der Waals surface area (Å²) in [4.78, 5) is 20.7. The second kappa shape index (κ2) is 9.43. The summed E-state index contributed by atoms with van der Waals surface area (Å²) >= 11 is 0. The Morgan fingerprint density at radius 1 is 1.05 bits per heavy atom. The molecular formula is C26H23F3N4O4S. The number of rotatable bonds is 6. The monoisotopic (exact) mass is 544 g/mol. The zero-order valence-electron chi connectivity index (χ0n) is 20.4. The molecule has 1 fully saturated rings. The fraction of sp³-hybridized carbons (Fsp3) is 0.269. The number of nitrogens with one attached hydrogen (secondary N) is 1. The van der Waals surface area contributed by atoms with Gasteiger partial charge in [0.2, 0.25) is 5.95 Å². The lowest BCUT2D eigenvalue weighted by Gasteiger charge is -2.37. The summed E-state index contributed by atoms with van der Waals surface area (Å²) in [5.41, 5.74) is 1.94. The number of halogens is 3. The maximum Gasteiger partial charge on any atom is 0.391 e. The third-order valence-electron chi connectivity index (χ3n) is 6.82. The molecule has 12 heteroatoms. The van der Waals surface area contributed by atoms with Crippen molar-refractivity contribution in [2.75, 3.05) is 11.8 Å². The van der Waals surface area contributed by atoms with E-state index in [0.29, 0.717) is 22.3 Å². The van der Waals surface area contributed by atoms with Crippen molar-refractivity contribution in [3.63, 3.8) is 0 Å². The summed E-state index contributed by atoms with van der Waals surface area (Å²) in [5, 5.41) is 0.470. The van der Waals surface area contributed by atoms with Crippen LogP contribution in [0.2, 0.25) is 0 Å². The number of hydrogen-bond donors (Lipinski definition) is 1. The van der Waals surface area contributed by atoms with Gasteiger partial charge >= 0.3 is 6.18 Å². The molecule has 8 nitrogen and oxygen atoms in total. The highest BCUT2D eigenvalue weighted by atomic mass is 32.2. The fourth-order valence-corrected chi connectivity index (χ4v) is 5.77. The summed E-state index contributed by atoms with van der Waals surface area (Å²) in [6, 6.07) is 12.1. The van der Waals surface area contributed by atoms with Crippen LogP contribution in [0.25, 0.3) is 16.6 Å². The molecule has 0 aliphatic heterocycles. The van der Waals surface area contributed by atoms with Crippen LogP contribution in [0, 0.1) is 12.8 Å². The van der Waals surface area contributed by atoms with E-state index in [2.05, 4.69) is 14.7 Å². The van der Waals surface area contributed by atoms with Crippen molar-refractivity contribution in [3.05, 3.63) is 82.4 Å². The van der Waals surface area contributed by atoms with E-state index in [0.717, 1.165) is 11.1 Å². The van der Waals surface area contributed by atoms with Gasteiger partial charge in [-0.2, -0.15) is 13.2 Å². The Morgan fingerprint density at radius 3 is 2.42 bits per heavy atom. The summed E-state index contributed by atoms with van der Waals surface area (Å²) in [6.07, 6.45) is -1.37. The van der Waals surface area contributed by atoms with Crippen molar-refractivity contribution in [3.8, 4) is 11.4 Å². The predicted molar refractivity (Wildman–Crippen MR) is 135 cm³/mol. The SMILES string of the molecule is COc1cc(C2CC(C(F)(F)F)C2)c(C)cc1-n1c(=O)ccc2cc(S(=O)(=O)Nc3ncccn3)ccc21. The zero-order valence-corrected chi connectivity index (χ0v) is 21.2. The molecule has 38 heavy (non-hydrogen) atoms. The molecule has 0 spiro atoms. The highest BCUT2D eigenvalue weighted by molar-refractivity contribution is 7.92. The van der Waals surface area contributed by atoms with E-state index in [1.165, 1.54) is 54.4 Å². The third kappa shape index (κ3) is 4.71. The fourth-order valence-electron chi connectivity index (χ4n) is 4.78. The summed E-state index contributed by atoms with van der Waals surface area (Å²) < 4.78 is 74.1. The van der Waals surface area contributed by atoms with Crippen LogP contribution < -0.4 is 15.0 Å². The van der Waals surface area contributed by atoms with Gasteiger partial charge < -0.3 is 4.74 Å². The smallest absolute Gasteiger partial charge is 0.391 e. The van der Waals surface area contributed by atoms with Crippen molar-refractivity contribution in [1.29, 1.82) is 0 Å². The van der Waals surface area contributed by atoms with Gasteiger partial charge in [-0.15, -0.1) is 0 Å². The van der Waals surface area contributed by atoms with Crippen molar-refractivity contribution in [2.24, 2.45) is 5.92 Å². The van der Waals surface area contributed by atoms with Gasteiger partial charge in [-0.1, -0.05) is 0 Å². The first kappa shape index (κ1) is 25.7. The molecule has 0 bridgehead atoms. The number of nitrogens with zero attached hydrogens (tertiary/aromatic N) is 3. The molecule has 2 heterocycles. The van der Waals surface area contributed by atoms with E-state index in [1.54, 1.807) is 25.1 Å². The number of hydrogen-bond acceptors (Lipinski definition) is 6. The molecule has 0 unspecified atom stereocenters. The van der Waals surface area contributed by atoms with Gasteiger partial charge in [-0.05, 0) is 79.3 Å². The van der Waals surface area contributed by atoms with Crippen LogP contribution in [-0.2, 0) is 10.0 Å². The lowest BCUT2D eigenvalue weighted by atomic mass is 9.70. The first-order valence-corrected chi connectivity index (χ1v) is 13.2. The zero-order chi connectivity index (χ0) is 27.2. The Balaban J connectivity index is 1.54. The van der Waals surface area contributed by atoms with Crippen LogP contribution >= 0.6 is 0 Å². The van der Waals surface area contributed by atoms with Crippen LogP contribution in [0.1, 0.15) is 29.9 Å². The number of sulfonamides is 1. The molecule has 0 amide bonds. The van der Waals surface area contributed by atoms with Gasteiger partial charge in [0.05, 0.1) is 29.1 Å². The molecule has 0 radical (unpaired) electrons. The van der Waals surface area contributed by atoms with E-state index in [9.17, 15) is 26.4 Å². The average Bonchev–Trinajstić information content (AvgIpc) is 2.83. The molecule has 0 atom stereocenters. The Kier molecular flexibility index (Phi) is 6.38. The first-order chi connectivity index (χ1) is 18.0. The molecule has 4 aromatic rings. The van der Waals surface area contributed by atoms with Crippen molar-refractivity contribution in [2.45, 2.75) is 36.8 Å². The van der Waals surface area contributed by atoms with Gasteiger partial charge in [-0.3, -0.25) is 9.36 Å². The third-order valence-corrected chi connectivity index (χ3v) is 8.14. The molecule has 1 aliphatic carbocycles. The normalized spacial score (nSPS) is 17.7. The number of fused-ring (bicyclic) bond motifs is 1. The Hall–Kier alpha value is -3.93. The second-order valence-corrected chi connectivity index (χ2v) is 10.9. The van der Waals surface area contributed by atoms with E-state index in [1.807, 2.05) is 0 Å². The molecule has 1 aliphatic rings. The second-order valence-electron chi connectivity index (χ2n) is 9.19. The standard InChI is InChI=1S/C26H23F3N4O4S/c1-15-10-22(23(37-2)14-20(15)17-11-18(12-17)26(27,28)29)33-21-6-5-19(13-16(21)4-7-24(33)34)38(35,36)32-25-30-8-3-9-31-25/h3-10,13-14,17-18H,11-12H2,1-2H3,(H,30,31,32). The average molecular weight is 545 g/mol. The van der Waals surface area contributed by atoms with Crippen LogP contribution in [0.4, 0.5) is 19.1 Å². The lowest BCUT2D eigenvalue weighted by Crippen LogP contribution is -2.34. The molecule has 1 saturated carbocycles. The van der Waals surface area contributed by atoms with Crippen molar-refractivity contribution >= 4 is 26.9 Å². The minimum absolute atomic E-state index is 0.0143. The number of aromatic nitrogens is 3. The highest BCUT2D eigenvalue weighted by Gasteiger charge is 2.48. The number of anilines is 1. The topological polar surface area (TPSA) is 103 Å². The number of benzene rings is 2. The summed E-state index contributed by atoms with van der Waals surface area (Å²) in [5.74, 6) is -1.31. The lowest BCUT2D eigenvalue weighted by molar-refractivity contribution is -0.197. The van der Waals surface area contributed by atoms with E-state index < -0.39 is 22.1 Å². The minimum Gasteiger partial charge on any atom is -0.495 e. The highest BCUT2D eigenvalue weighted by Crippen LogP contribution is 2.51. The maximum absolute atomic E-state index is 13.0. The first-order valence-electron chi connectivity index (χ1n) is 11.7. The number of pyridine rings is 1. The summed E-state index contributed by atoms with van der Waals surface area (Å²) in [7, 11) is -2.58. The van der Waals surface area contributed by atoms with Crippen LogP contribution in [0.5, 0.6) is 5.75 Å². The van der Waals surface area contributed by atoms with Crippen molar-refractivity contribution < 1.29 is 26.3 Å². The van der Waals surface area contributed by atoms with Crippen LogP contribution in [0.15, 0.2) is 70.6 Å². The molecule has 5 rings (SSSR count). The minimum atomic E-state index is -4.21. The van der Waals surface area contributed by atoms with Crippen LogP contribution in [-0.4, -0.2) is 36.2 Å². The summed E-state index contributed by atoms with van der Waals surface area (Å²) in [6.45, 7) is 1.79. The molecule has 0 saturated heterocycles. The van der Waals surface area contributed by atoms with Crippen LogP contribution in [0.3, 0.4) is 0 Å². The van der Waals surface area contributed by atoms with Crippen molar-refractivity contribution in [1.82, 2.24) is 14.5 Å². The molecule has 2 aromatic heterocycles. The van der Waals surface area contributed by atoms with Gasteiger partial charge in [0.1, 0.15) is 5.75 Å². The van der Waals surface area contributed by atoms with Gasteiger partial charge in [0, 0.05) is 23.8 Å². The van der Waals surface area contributed by atoms with Gasteiger partial charge in [0.25, 0.3) is 15.6 Å². The van der Waals surface area contributed by atoms with E-state index >= 15 is 0 Å². The Bertz CT molecular complexity index is 1680.